The Labute approximate surface area is 145 Å². The number of rotatable bonds is 5. The summed E-state index contributed by atoms with van der Waals surface area (Å²) in [5, 5.41) is 12.1. The third-order valence-corrected chi connectivity index (χ3v) is 4.21. The minimum Gasteiger partial charge on any atom is -0.497 e. The zero-order valence-corrected chi connectivity index (χ0v) is 13.8. The first kappa shape index (κ1) is 17.0. The van der Waals surface area contributed by atoms with Gasteiger partial charge in [0.15, 0.2) is 12.1 Å². The molecule has 0 aliphatic carbocycles. The lowest BCUT2D eigenvalue weighted by Gasteiger charge is -2.26. The summed E-state index contributed by atoms with van der Waals surface area (Å²) in [5.41, 5.74) is 2.29. The molecule has 2 N–H and O–H groups in total. The number of amides is 1. The fourth-order valence-electron chi connectivity index (χ4n) is 2.91. The van der Waals surface area contributed by atoms with E-state index in [0.29, 0.717) is 17.9 Å². The highest BCUT2D eigenvalue weighted by molar-refractivity contribution is 5.88. The van der Waals surface area contributed by atoms with Crippen molar-refractivity contribution in [2.75, 3.05) is 13.7 Å². The first-order valence-corrected chi connectivity index (χ1v) is 7.96. The molecular weight excluding hydrogens is 322 g/mol. The van der Waals surface area contributed by atoms with Crippen molar-refractivity contribution in [3.8, 4) is 5.75 Å². The van der Waals surface area contributed by atoms with Crippen molar-refractivity contribution in [3.05, 3.63) is 65.2 Å². The van der Waals surface area contributed by atoms with Crippen LogP contribution < -0.4 is 10.1 Å². The van der Waals surface area contributed by atoms with Crippen molar-refractivity contribution in [2.45, 2.75) is 18.6 Å². The van der Waals surface area contributed by atoms with E-state index in [1.165, 1.54) is 7.11 Å². The molecule has 25 heavy (non-hydrogen) atoms. The van der Waals surface area contributed by atoms with Crippen LogP contribution in [0.4, 0.5) is 0 Å². The molecule has 1 aliphatic rings. The SMILES string of the molecule is COc1ccc([C@H](NC(=O)[C@@H]2OCCc3ccccc32)C(=O)O)cc1. The van der Waals surface area contributed by atoms with Gasteiger partial charge >= 0.3 is 5.97 Å². The molecular formula is C19H19NO5. The molecule has 6 heteroatoms. The summed E-state index contributed by atoms with van der Waals surface area (Å²) in [6.07, 6.45) is -0.0640. The molecule has 0 fully saturated rings. The molecule has 1 heterocycles. The second-order valence-corrected chi connectivity index (χ2v) is 5.75. The molecule has 0 bridgehead atoms. The number of carbonyl (C=O) groups excluding carboxylic acids is 1. The third-order valence-electron chi connectivity index (χ3n) is 4.21. The van der Waals surface area contributed by atoms with Crippen molar-refractivity contribution in [1.29, 1.82) is 0 Å². The average Bonchev–Trinajstić information content (AvgIpc) is 2.65. The van der Waals surface area contributed by atoms with Crippen LogP contribution in [-0.2, 0) is 20.7 Å². The van der Waals surface area contributed by atoms with Crippen molar-refractivity contribution in [2.24, 2.45) is 0 Å². The first-order chi connectivity index (χ1) is 12.1. The maximum atomic E-state index is 12.6. The molecule has 130 valence electrons. The number of methoxy groups -OCH3 is 1. The Bertz CT molecular complexity index is 772. The van der Waals surface area contributed by atoms with Gasteiger partial charge in [0.1, 0.15) is 5.75 Å². The largest absolute Gasteiger partial charge is 0.497 e. The normalized spacial score (nSPS) is 17.2. The predicted octanol–water partition coefficient (Wildman–Crippen LogP) is 2.25. The molecule has 3 rings (SSSR count). The van der Waals surface area contributed by atoms with E-state index < -0.39 is 24.0 Å². The summed E-state index contributed by atoms with van der Waals surface area (Å²) in [4.78, 5) is 24.3. The number of hydrogen-bond donors (Lipinski definition) is 2. The quantitative estimate of drug-likeness (QED) is 0.871. The summed E-state index contributed by atoms with van der Waals surface area (Å²) in [6.45, 7) is 0.426. The van der Waals surface area contributed by atoms with Gasteiger partial charge in [-0.15, -0.1) is 0 Å². The number of carboxylic acid groups (broad SMARTS) is 1. The standard InChI is InChI=1S/C19H19NO5/c1-24-14-8-6-13(7-9-14)16(19(22)23)20-18(21)17-15-5-3-2-4-12(15)10-11-25-17/h2-9,16-17H,10-11H2,1H3,(H,20,21)(H,22,23)/t16-,17+/m0/s1. The molecule has 0 radical (unpaired) electrons. The zero-order chi connectivity index (χ0) is 17.8. The summed E-state index contributed by atoms with van der Waals surface area (Å²) in [5.74, 6) is -0.985. The Balaban J connectivity index is 1.81. The van der Waals surface area contributed by atoms with E-state index in [0.717, 1.165) is 17.5 Å². The maximum Gasteiger partial charge on any atom is 0.330 e. The highest BCUT2D eigenvalue weighted by Crippen LogP contribution is 2.28. The summed E-state index contributed by atoms with van der Waals surface area (Å²) in [6, 6.07) is 12.9. The van der Waals surface area contributed by atoms with Gasteiger partial charge in [0.25, 0.3) is 5.91 Å². The fourth-order valence-corrected chi connectivity index (χ4v) is 2.91. The fraction of sp³-hybridized carbons (Fsp3) is 0.263. The number of ether oxygens (including phenoxy) is 2. The van der Waals surface area contributed by atoms with E-state index in [9.17, 15) is 14.7 Å². The first-order valence-electron chi connectivity index (χ1n) is 7.96. The van der Waals surface area contributed by atoms with Gasteiger partial charge in [-0.25, -0.2) is 4.79 Å². The van der Waals surface area contributed by atoms with Crippen molar-refractivity contribution >= 4 is 11.9 Å². The van der Waals surface area contributed by atoms with Crippen LogP contribution in [0.25, 0.3) is 0 Å². The second kappa shape index (κ2) is 7.36. The van der Waals surface area contributed by atoms with E-state index in [-0.39, 0.29) is 0 Å². The average molecular weight is 341 g/mol. The molecule has 0 aromatic heterocycles. The molecule has 0 saturated heterocycles. The van der Waals surface area contributed by atoms with Crippen LogP contribution in [0.15, 0.2) is 48.5 Å². The van der Waals surface area contributed by atoms with Crippen LogP contribution in [0.1, 0.15) is 28.8 Å². The molecule has 1 amide bonds. The number of aliphatic carboxylic acids is 1. The van der Waals surface area contributed by atoms with E-state index in [4.69, 9.17) is 9.47 Å². The Hall–Kier alpha value is -2.86. The van der Waals surface area contributed by atoms with Crippen molar-refractivity contribution in [1.82, 2.24) is 5.32 Å². The lowest BCUT2D eigenvalue weighted by Crippen LogP contribution is -2.39. The molecule has 0 spiro atoms. The number of carbonyl (C=O) groups is 2. The van der Waals surface area contributed by atoms with Crippen LogP contribution in [0, 0.1) is 0 Å². The number of fused-ring (bicyclic) bond motifs is 1. The Morgan fingerprint density at radius 2 is 1.92 bits per heavy atom. The van der Waals surface area contributed by atoms with Gasteiger partial charge in [0.05, 0.1) is 13.7 Å². The summed E-state index contributed by atoms with van der Waals surface area (Å²) >= 11 is 0. The highest BCUT2D eigenvalue weighted by Gasteiger charge is 2.31. The van der Waals surface area contributed by atoms with Gasteiger partial charge in [0.2, 0.25) is 0 Å². The van der Waals surface area contributed by atoms with Gasteiger partial charge in [-0.1, -0.05) is 36.4 Å². The van der Waals surface area contributed by atoms with Crippen molar-refractivity contribution in [3.63, 3.8) is 0 Å². The highest BCUT2D eigenvalue weighted by atomic mass is 16.5. The van der Waals surface area contributed by atoms with E-state index in [1.807, 2.05) is 24.3 Å². The van der Waals surface area contributed by atoms with Crippen LogP contribution in [0.5, 0.6) is 5.75 Å². The Kier molecular flexibility index (Phi) is 5.00. The van der Waals surface area contributed by atoms with Crippen LogP contribution >= 0.6 is 0 Å². The van der Waals surface area contributed by atoms with Gasteiger partial charge in [0, 0.05) is 0 Å². The minimum absolute atomic E-state index is 0.426. The van der Waals surface area contributed by atoms with Crippen LogP contribution in [0.3, 0.4) is 0 Å². The van der Waals surface area contributed by atoms with E-state index in [2.05, 4.69) is 5.32 Å². The number of benzene rings is 2. The topological polar surface area (TPSA) is 84.9 Å². The number of nitrogens with one attached hydrogen (secondary N) is 1. The van der Waals surface area contributed by atoms with Gasteiger partial charge in [-0.05, 0) is 35.2 Å². The second-order valence-electron chi connectivity index (χ2n) is 5.75. The lowest BCUT2D eigenvalue weighted by atomic mass is 9.96. The van der Waals surface area contributed by atoms with E-state index >= 15 is 0 Å². The van der Waals surface area contributed by atoms with Gasteiger partial charge in [-0.3, -0.25) is 4.79 Å². The van der Waals surface area contributed by atoms with Gasteiger partial charge < -0.3 is 19.9 Å². The monoisotopic (exact) mass is 341 g/mol. The van der Waals surface area contributed by atoms with Crippen LogP contribution in [-0.4, -0.2) is 30.7 Å². The van der Waals surface area contributed by atoms with Gasteiger partial charge in [-0.2, -0.15) is 0 Å². The lowest BCUT2D eigenvalue weighted by molar-refractivity contribution is -0.145. The maximum absolute atomic E-state index is 12.6. The Morgan fingerprint density at radius 3 is 2.60 bits per heavy atom. The molecule has 0 saturated carbocycles. The van der Waals surface area contributed by atoms with Crippen molar-refractivity contribution < 1.29 is 24.2 Å². The molecule has 0 unspecified atom stereocenters. The molecule has 6 nitrogen and oxygen atoms in total. The zero-order valence-electron chi connectivity index (χ0n) is 13.8. The smallest absolute Gasteiger partial charge is 0.330 e. The number of hydrogen-bond acceptors (Lipinski definition) is 4. The third kappa shape index (κ3) is 3.64. The Morgan fingerprint density at radius 1 is 1.20 bits per heavy atom. The predicted molar refractivity (Wildman–Crippen MR) is 90.4 cm³/mol. The summed E-state index contributed by atoms with van der Waals surface area (Å²) < 4.78 is 10.7. The van der Waals surface area contributed by atoms with Crippen LogP contribution in [0.2, 0.25) is 0 Å². The van der Waals surface area contributed by atoms with E-state index in [1.54, 1.807) is 24.3 Å². The summed E-state index contributed by atoms with van der Waals surface area (Å²) in [7, 11) is 1.53. The molecule has 2 atom stereocenters. The molecule has 2 aromatic rings. The molecule has 2 aromatic carbocycles. The molecule has 1 aliphatic heterocycles. The minimum atomic E-state index is -1.16. The number of carboxylic acids is 1.